The van der Waals surface area contributed by atoms with Gasteiger partial charge in [0.05, 0.1) is 16.5 Å². The number of amides is 2. The normalized spacial score (nSPS) is 16.8. The Balaban J connectivity index is 1.65. The number of ketones is 1. The van der Waals surface area contributed by atoms with Crippen molar-refractivity contribution in [1.82, 2.24) is 10.3 Å². The summed E-state index contributed by atoms with van der Waals surface area (Å²) >= 11 is 1.11. The van der Waals surface area contributed by atoms with Gasteiger partial charge in [-0.3, -0.25) is 14.4 Å². The van der Waals surface area contributed by atoms with Gasteiger partial charge in [0.1, 0.15) is 11.6 Å². The Labute approximate surface area is 170 Å². The van der Waals surface area contributed by atoms with Crippen molar-refractivity contribution >= 4 is 34.1 Å². The number of nitrogens with zero attached hydrogens (tertiary/aromatic N) is 1. The fourth-order valence-electron chi connectivity index (χ4n) is 2.99. The number of fused-ring (bicyclic) bond motifs is 1. The molecule has 1 heterocycles. The largest absolute Gasteiger partial charge is 0.352 e. The number of halogens is 2. The number of anilines is 1. The van der Waals surface area contributed by atoms with E-state index >= 15 is 0 Å². The lowest BCUT2D eigenvalue weighted by molar-refractivity contribution is -0.125. The number of aromatic nitrogens is 1. The first-order chi connectivity index (χ1) is 13.8. The van der Waals surface area contributed by atoms with E-state index in [9.17, 15) is 23.2 Å². The molecule has 6 nitrogen and oxygen atoms in total. The van der Waals surface area contributed by atoms with Crippen molar-refractivity contribution < 1.29 is 23.2 Å². The highest BCUT2D eigenvalue weighted by Crippen LogP contribution is 2.32. The maximum atomic E-state index is 13.7. The summed E-state index contributed by atoms with van der Waals surface area (Å²) in [4.78, 5) is 41.7. The van der Waals surface area contributed by atoms with Gasteiger partial charge in [-0.25, -0.2) is 13.8 Å². The summed E-state index contributed by atoms with van der Waals surface area (Å²) in [5.74, 6) is -2.84. The van der Waals surface area contributed by atoms with Crippen LogP contribution in [0.25, 0.3) is 0 Å². The Morgan fingerprint density at radius 1 is 1.31 bits per heavy atom. The third kappa shape index (κ3) is 4.84. The summed E-state index contributed by atoms with van der Waals surface area (Å²) in [6.45, 7) is 3.53. The molecule has 0 radical (unpaired) electrons. The molecule has 2 N–H and O–H groups in total. The SMILES string of the molecule is CCC(C)C(=O)Nc1nc2c(s1)C(=O)CC(C(=O)NCc1cc(F)ccc1F)C2. The van der Waals surface area contributed by atoms with Gasteiger partial charge in [0.25, 0.3) is 0 Å². The van der Waals surface area contributed by atoms with Crippen LogP contribution in [-0.2, 0) is 22.6 Å². The van der Waals surface area contributed by atoms with Gasteiger partial charge >= 0.3 is 0 Å². The van der Waals surface area contributed by atoms with E-state index in [1.807, 2.05) is 6.92 Å². The lowest BCUT2D eigenvalue weighted by Gasteiger charge is -2.19. The van der Waals surface area contributed by atoms with Crippen LogP contribution >= 0.6 is 11.3 Å². The highest BCUT2D eigenvalue weighted by Gasteiger charge is 2.33. The van der Waals surface area contributed by atoms with E-state index in [0.29, 0.717) is 22.1 Å². The van der Waals surface area contributed by atoms with Crippen molar-refractivity contribution in [2.75, 3.05) is 5.32 Å². The van der Waals surface area contributed by atoms with Gasteiger partial charge in [-0.2, -0.15) is 0 Å². The van der Waals surface area contributed by atoms with Crippen LogP contribution in [0.4, 0.5) is 13.9 Å². The first-order valence-corrected chi connectivity index (χ1v) is 10.2. The lowest BCUT2D eigenvalue weighted by Crippen LogP contribution is -2.35. The molecule has 154 valence electrons. The van der Waals surface area contributed by atoms with E-state index in [-0.39, 0.29) is 42.6 Å². The number of thiazole rings is 1. The molecule has 2 aromatic rings. The quantitative estimate of drug-likeness (QED) is 0.748. The van der Waals surface area contributed by atoms with Crippen LogP contribution in [0.5, 0.6) is 0 Å². The van der Waals surface area contributed by atoms with Crippen LogP contribution < -0.4 is 10.6 Å². The van der Waals surface area contributed by atoms with Crippen molar-refractivity contribution in [3.8, 4) is 0 Å². The second-order valence-electron chi connectivity index (χ2n) is 7.08. The Hall–Kier alpha value is -2.68. The van der Waals surface area contributed by atoms with Gasteiger partial charge in [0, 0.05) is 30.9 Å². The van der Waals surface area contributed by atoms with Crippen molar-refractivity contribution in [1.29, 1.82) is 0 Å². The average Bonchev–Trinajstić information content (AvgIpc) is 3.10. The summed E-state index contributed by atoms with van der Waals surface area (Å²) in [5.41, 5.74) is 0.507. The second kappa shape index (κ2) is 8.77. The number of carbonyl (C=O) groups is 3. The summed E-state index contributed by atoms with van der Waals surface area (Å²) in [5, 5.41) is 5.61. The first-order valence-electron chi connectivity index (χ1n) is 9.33. The van der Waals surface area contributed by atoms with Crippen molar-refractivity contribution in [3.05, 3.63) is 46.0 Å². The smallest absolute Gasteiger partial charge is 0.228 e. The number of benzene rings is 1. The molecule has 0 spiro atoms. The summed E-state index contributed by atoms with van der Waals surface area (Å²) in [6, 6.07) is 3.02. The molecule has 29 heavy (non-hydrogen) atoms. The maximum absolute atomic E-state index is 13.7. The van der Waals surface area contributed by atoms with Gasteiger partial charge in [-0.15, -0.1) is 0 Å². The molecule has 0 fully saturated rings. The minimum Gasteiger partial charge on any atom is -0.352 e. The molecule has 0 bridgehead atoms. The molecule has 3 rings (SSSR count). The highest BCUT2D eigenvalue weighted by molar-refractivity contribution is 7.17. The third-order valence-electron chi connectivity index (χ3n) is 4.94. The fourth-order valence-corrected chi connectivity index (χ4v) is 3.93. The Bertz CT molecular complexity index is 960. The van der Waals surface area contributed by atoms with Crippen LogP contribution in [0.2, 0.25) is 0 Å². The summed E-state index contributed by atoms with van der Waals surface area (Å²) in [6.07, 6.45) is 0.934. The number of nitrogens with one attached hydrogen (secondary N) is 2. The Kier molecular flexibility index (Phi) is 6.36. The highest BCUT2D eigenvalue weighted by atomic mass is 32.1. The fraction of sp³-hybridized carbons (Fsp3) is 0.400. The van der Waals surface area contributed by atoms with Crippen LogP contribution in [0.3, 0.4) is 0 Å². The average molecular weight is 421 g/mol. The second-order valence-corrected chi connectivity index (χ2v) is 8.07. The van der Waals surface area contributed by atoms with Gasteiger partial charge in [0.15, 0.2) is 10.9 Å². The molecule has 1 aliphatic carbocycles. The summed E-state index contributed by atoms with van der Waals surface area (Å²) < 4.78 is 26.9. The molecular formula is C20H21F2N3O3S. The molecule has 0 aliphatic heterocycles. The van der Waals surface area contributed by atoms with Gasteiger partial charge < -0.3 is 10.6 Å². The molecule has 0 saturated heterocycles. The van der Waals surface area contributed by atoms with Crippen LogP contribution in [0.15, 0.2) is 18.2 Å². The Morgan fingerprint density at radius 2 is 2.07 bits per heavy atom. The topological polar surface area (TPSA) is 88.2 Å². The predicted octanol–water partition coefficient (Wildman–Crippen LogP) is 3.47. The predicted molar refractivity (Wildman–Crippen MR) is 105 cm³/mol. The van der Waals surface area contributed by atoms with E-state index in [4.69, 9.17) is 0 Å². The van der Waals surface area contributed by atoms with Crippen molar-refractivity contribution in [3.63, 3.8) is 0 Å². The van der Waals surface area contributed by atoms with E-state index in [0.717, 1.165) is 29.5 Å². The zero-order chi connectivity index (χ0) is 21.1. The molecule has 1 aliphatic rings. The summed E-state index contributed by atoms with van der Waals surface area (Å²) in [7, 11) is 0. The molecule has 2 atom stereocenters. The monoisotopic (exact) mass is 421 g/mol. The van der Waals surface area contributed by atoms with Gasteiger partial charge in [0.2, 0.25) is 11.8 Å². The van der Waals surface area contributed by atoms with Crippen LogP contribution in [-0.4, -0.2) is 22.6 Å². The van der Waals surface area contributed by atoms with Gasteiger partial charge in [-0.05, 0) is 24.6 Å². The van der Waals surface area contributed by atoms with E-state index in [1.54, 1.807) is 6.92 Å². The number of Topliss-reactive ketones (excluding diaryl/α,β-unsaturated/α-hetero) is 1. The molecule has 2 amide bonds. The van der Waals surface area contributed by atoms with E-state index in [1.165, 1.54) is 0 Å². The molecule has 1 aromatic heterocycles. The Morgan fingerprint density at radius 3 is 2.79 bits per heavy atom. The molecular weight excluding hydrogens is 400 g/mol. The van der Waals surface area contributed by atoms with Crippen LogP contribution in [0.1, 0.15) is 47.6 Å². The van der Waals surface area contributed by atoms with Gasteiger partial charge in [-0.1, -0.05) is 25.2 Å². The number of hydrogen-bond donors (Lipinski definition) is 2. The number of carbonyl (C=O) groups excluding carboxylic acids is 3. The zero-order valence-electron chi connectivity index (χ0n) is 16.1. The zero-order valence-corrected chi connectivity index (χ0v) is 16.9. The first kappa shape index (κ1) is 21.0. The van der Waals surface area contributed by atoms with E-state index in [2.05, 4.69) is 15.6 Å². The van der Waals surface area contributed by atoms with E-state index < -0.39 is 23.5 Å². The molecule has 1 aromatic carbocycles. The minimum absolute atomic E-state index is 0.00537. The number of hydrogen-bond acceptors (Lipinski definition) is 5. The standard InChI is InChI=1S/C20H21F2N3O3S/c1-3-10(2)18(27)25-20-24-15-7-11(8-16(26)17(15)29-20)19(28)23-9-12-6-13(21)4-5-14(12)22/h4-6,10-11H,3,7-9H2,1-2H3,(H,23,28)(H,24,25,27). The minimum atomic E-state index is -0.646. The number of rotatable bonds is 6. The van der Waals surface area contributed by atoms with Crippen molar-refractivity contribution in [2.24, 2.45) is 11.8 Å². The maximum Gasteiger partial charge on any atom is 0.228 e. The van der Waals surface area contributed by atoms with Crippen molar-refractivity contribution in [2.45, 2.75) is 39.7 Å². The third-order valence-corrected chi connectivity index (χ3v) is 6.00. The molecule has 9 heteroatoms. The molecule has 2 unspecified atom stereocenters. The van der Waals surface area contributed by atoms with Crippen LogP contribution in [0, 0.1) is 23.5 Å². The molecule has 0 saturated carbocycles. The lowest BCUT2D eigenvalue weighted by atomic mass is 9.89.